The largest absolute Gasteiger partial charge is 0.481 e. The summed E-state index contributed by atoms with van der Waals surface area (Å²) in [7, 11) is 7.95. The van der Waals surface area contributed by atoms with Crippen molar-refractivity contribution in [3.63, 3.8) is 0 Å². The number of amides is 4. The highest BCUT2D eigenvalue weighted by atomic mass is 16.5. The maximum atomic E-state index is 14.3. The summed E-state index contributed by atoms with van der Waals surface area (Å²) in [5.41, 5.74) is 0.865. The Balaban J connectivity index is 2.29. The molecule has 0 aliphatic carbocycles. The summed E-state index contributed by atoms with van der Waals surface area (Å²) in [5.74, 6) is -4.04. The molecule has 15 heteroatoms. The van der Waals surface area contributed by atoms with E-state index >= 15 is 0 Å². The molecule has 1 aromatic carbocycles. The Morgan fingerprint density at radius 3 is 2.02 bits per heavy atom. The van der Waals surface area contributed by atoms with E-state index in [4.69, 9.17) is 19.3 Å². The smallest absolute Gasteiger partial charge is 0.328 e. The van der Waals surface area contributed by atoms with E-state index in [2.05, 4.69) is 17.6 Å². The summed E-state index contributed by atoms with van der Waals surface area (Å²) in [6, 6.07) is 6.23. The number of hydrogen-bond donors (Lipinski definition) is 3. The van der Waals surface area contributed by atoms with Crippen LogP contribution in [0.5, 0.6) is 0 Å². The Labute approximate surface area is 352 Å². The highest BCUT2D eigenvalue weighted by Gasteiger charge is 2.44. The zero-order valence-corrected chi connectivity index (χ0v) is 37.6. The number of nitrogens with one attached hydrogen (secondary N) is 2. The topological polar surface area (TPSA) is 184 Å². The number of carboxylic acids is 1. The minimum absolute atomic E-state index is 0.00672. The zero-order chi connectivity index (χ0) is 44.6. The molecule has 3 N–H and O–H groups in total. The van der Waals surface area contributed by atoms with Gasteiger partial charge in [-0.1, -0.05) is 85.2 Å². The van der Waals surface area contributed by atoms with Crippen LogP contribution in [0.1, 0.15) is 92.6 Å². The molecule has 0 unspecified atom stereocenters. The van der Waals surface area contributed by atoms with E-state index in [1.165, 1.54) is 14.2 Å². The van der Waals surface area contributed by atoms with Crippen molar-refractivity contribution in [3.8, 4) is 0 Å². The molecule has 0 bridgehead atoms. The molecule has 1 heterocycles. The third kappa shape index (κ3) is 14.6. The van der Waals surface area contributed by atoms with Gasteiger partial charge in [-0.2, -0.15) is 0 Å². The number of benzene rings is 1. The van der Waals surface area contributed by atoms with Gasteiger partial charge in [-0.3, -0.25) is 39.1 Å². The molecular formula is C44H73N5O10. The van der Waals surface area contributed by atoms with Gasteiger partial charge in [0.2, 0.25) is 23.6 Å². The van der Waals surface area contributed by atoms with Gasteiger partial charge in [0.25, 0.3) is 0 Å². The van der Waals surface area contributed by atoms with Crippen molar-refractivity contribution in [2.45, 2.75) is 136 Å². The first kappa shape index (κ1) is 51.2. The molecule has 9 atom stereocenters. The predicted octanol–water partition coefficient (Wildman–Crippen LogP) is 3.77. The van der Waals surface area contributed by atoms with Gasteiger partial charge in [0.15, 0.2) is 0 Å². The number of carbonyl (C=O) groups excluding carboxylic acids is 5. The van der Waals surface area contributed by atoms with Crippen molar-refractivity contribution < 1.29 is 48.1 Å². The third-order valence-corrected chi connectivity index (χ3v) is 11.9. The van der Waals surface area contributed by atoms with Gasteiger partial charge in [0.1, 0.15) is 6.04 Å². The number of carboxylic acid groups (broad SMARTS) is 1. The SMILES string of the molecule is CC[C@H](C)[C@@H]([C@@H](CC(=O)N1CCC[C@H]1[C@H](OC)[C@@H](C)C(=O)N[C@@H](Cc1ccccc1)C(=O)OC)OC)N(C)[C@H](C(=O)NC(=O)[C@H](C(C)C)N(C)CCCC(=O)O)C(C)C. The lowest BCUT2D eigenvalue weighted by Gasteiger charge is -2.43. The first-order valence-electron chi connectivity index (χ1n) is 21.1. The van der Waals surface area contributed by atoms with Crippen molar-refractivity contribution >= 4 is 35.6 Å². The fraction of sp³-hybridized carbons (Fsp3) is 0.727. The predicted molar refractivity (Wildman–Crippen MR) is 225 cm³/mol. The normalized spacial score (nSPS) is 18.5. The Morgan fingerprint density at radius 1 is 0.881 bits per heavy atom. The second-order valence-electron chi connectivity index (χ2n) is 16.8. The third-order valence-electron chi connectivity index (χ3n) is 11.9. The molecule has 15 nitrogen and oxygen atoms in total. The molecule has 4 amide bonds. The van der Waals surface area contributed by atoms with E-state index in [1.807, 2.05) is 76.9 Å². The van der Waals surface area contributed by atoms with Crippen LogP contribution in [0, 0.1) is 23.7 Å². The van der Waals surface area contributed by atoms with Crippen LogP contribution in [-0.4, -0.2) is 146 Å². The minimum atomic E-state index is -0.908. The Bertz CT molecular complexity index is 1510. The van der Waals surface area contributed by atoms with Gasteiger partial charge in [-0.25, -0.2) is 4.79 Å². The summed E-state index contributed by atoms with van der Waals surface area (Å²) in [6.45, 7) is 14.3. The number of rotatable bonds is 25. The van der Waals surface area contributed by atoms with Crippen LogP contribution in [0.25, 0.3) is 0 Å². The zero-order valence-electron chi connectivity index (χ0n) is 37.6. The fourth-order valence-electron chi connectivity index (χ4n) is 8.72. The summed E-state index contributed by atoms with van der Waals surface area (Å²) >= 11 is 0. The van der Waals surface area contributed by atoms with Gasteiger partial charge >= 0.3 is 11.9 Å². The van der Waals surface area contributed by atoms with Crippen molar-refractivity contribution in [3.05, 3.63) is 35.9 Å². The lowest BCUT2D eigenvalue weighted by molar-refractivity contribution is -0.147. The summed E-state index contributed by atoms with van der Waals surface area (Å²) < 4.78 is 17.0. The Kier molecular flexibility index (Phi) is 21.7. The number of carbonyl (C=O) groups is 6. The average molecular weight is 832 g/mol. The van der Waals surface area contributed by atoms with Crippen LogP contribution >= 0.6 is 0 Å². The molecule has 1 aliphatic rings. The molecule has 1 fully saturated rings. The van der Waals surface area contributed by atoms with E-state index in [1.54, 1.807) is 30.9 Å². The maximum absolute atomic E-state index is 14.3. The lowest BCUT2D eigenvalue weighted by atomic mass is 9.87. The van der Waals surface area contributed by atoms with Gasteiger partial charge in [0.05, 0.1) is 49.8 Å². The summed E-state index contributed by atoms with van der Waals surface area (Å²) in [6.07, 6.45) is 1.38. The molecule has 0 spiro atoms. The molecule has 0 radical (unpaired) electrons. The lowest BCUT2D eigenvalue weighted by Crippen LogP contribution is -2.60. The van der Waals surface area contributed by atoms with Crippen molar-refractivity contribution in [2.24, 2.45) is 23.7 Å². The second-order valence-corrected chi connectivity index (χ2v) is 16.8. The van der Waals surface area contributed by atoms with Crippen LogP contribution in [0.2, 0.25) is 0 Å². The Hall–Kier alpha value is -3.92. The van der Waals surface area contributed by atoms with E-state index < -0.39 is 78.0 Å². The van der Waals surface area contributed by atoms with Gasteiger partial charge in [-0.15, -0.1) is 0 Å². The fourth-order valence-corrected chi connectivity index (χ4v) is 8.72. The number of aliphatic carboxylic acids is 1. The number of nitrogens with zero attached hydrogens (tertiary/aromatic N) is 3. The van der Waals surface area contributed by atoms with Crippen LogP contribution in [0.3, 0.4) is 0 Å². The van der Waals surface area contributed by atoms with E-state index in [0.29, 0.717) is 32.4 Å². The highest BCUT2D eigenvalue weighted by Crippen LogP contribution is 2.30. The van der Waals surface area contributed by atoms with E-state index in [-0.39, 0.29) is 42.9 Å². The number of likely N-dealkylation sites (tertiary alicyclic amines) is 1. The van der Waals surface area contributed by atoms with Crippen molar-refractivity contribution in [1.29, 1.82) is 0 Å². The first-order chi connectivity index (χ1) is 27.8. The van der Waals surface area contributed by atoms with Crippen molar-refractivity contribution in [1.82, 2.24) is 25.3 Å². The second kappa shape index (κ2) is 25.0. The van der Waals surface area contributed by atoms with Crippen LogP contribution in [0.4, 0.5) is 0 Å². The van der Waals surface area contributed by atoms with Crippen molar-refractivity contribution in [2.75, 3.05) is 48.5 Å². The van der Waals surface area contributed by atoms with Crippen LogP contribution in [-0.2, 0) is 49.4 Å². The quantitative estimate of drug-likeness (QED) is 0.122. The average Bonchev–Trinajstić information content (AvgIpc) is 3.66. The monoisotopic (exact) mass is 832 g/mol. The van der Waals surface area contributed by atoms with Crippen LogP contribution in [0.15, 0.2) is 30.3 Å². The standard InChI is InChI=1S/C44H73N5O10/c1-13-29(6)39(48(9)38(28(4)5)43(55)46-42(54)37(27(2)3)47(8)23-18-22-36(51)52)34(57-10)26-35(50)49-24-17-21-33(49)40(58-11)30(7)41(53)45-32(44(56)59-12)25-31-19-15-14-16-20-31/h14-16,19-20,27-30,32-34,37-40H,13,17-18,21-26H2,1-12H3,(H,45,53)(H,51,52)(H,46,54,55)/t29-,30+,32-,33-,34+,37-,38-,39-,40+/m0/s1. The number of hydrogen-bond acceptors (Lipinski definition) is 11. The van der Waals surface area contributed by atoms with E-state index in [0.717, 1.165) is 12.0 Å². The molecule has 2 rings (SSSR count). The summed E-state index contributed by atoms with van der Waals surface area (Å²) in [4.78, 5) is 85.0. The number of methoxy groups -OCH3 is 3. The molecule has 1 aromatic rings. The first-order valence-corrected chi connectivity index (χ1v) is 21.1. The van der Waals surface area contributed by atoms with Gasteiger partial charge in [-0.05, 0) is 63.2 Å². The maximum Gasteiger partial charge on any atom is 0.328 e. The molecule has 0 saturated carbocycles. The van der Waals surface area contributed by atoms with Gasteiger partial charge < -0.3 is 29.5 Å². The van der Waals surface area contributed by atoms with E-state index in [9.17, 15) is 28.8 Å². The number of likely N-dealkylation sites (N-methyl/N-ethyl adjacent to an activating group) is 2. The molecule has 1 aliphatic heterocycles. The highest BCUT2D eigenvalue weighted by molar-refractivity contribution is 6.00. The molecule has 334 valence electrons. The van der Waals surface area contributed by atoms with Crippen LogP contribution < -0.4 is 10.6 Å². The number of esters is 1. The number of imide groups is 1. The molecule has 1 saturated heterocycles. The minimum Gasteiger partial charge on any atom is -0.481 e. The van der Waals surface area contributed by atoms with Gasteiger partial charge in [0, 0.05) is 39.6 Å². The summed E-state index contributed by atoms with van der Waals surface area (Å²) in [5, 5.41) is 14.6. The molecule has 0 aromatic heterocycles. The number of ether oxygens (including phenoxy) is 3. The Morgan fingerprint density at radius 2 is 1.49 bits per heavy atom. The molecular weight excluding hydrogens is 759 g/mol. The molecule has 59 heavy (non-hydrogen) atoms.